The van der Waals surface area contributed by atoms with Gasteiger partial charge in [0.25, 0.3) is 0 Å². The second-order valence-corrected chi connectivity index (χ2v) is 9.87. The fraction of sp³-hybridized carbons (Fsp3) is 0.400. The molecule has 0 saturated heterocycles. The Hall–Kier alpha value is -3.12. The lowest BCUT2D eigenvalue weighted by molar-refractivity contribution is 0.747. The van der Waals surface area contributed by atoms with E-state index in [2.05, 4.69) is 48.8 Å². The summed E-state index contributed by atoms with van der Waals surface area (Å²) in [6.45, 7) is 4.22. The molecule has 2 atom stereocenters. The lowest BCUT2D eigenvalue weighted by atomic mass is 10.1. The Labute approximate surface area is 202 Å². The normalized spacial score (nSPS) is 15.1. The molecule has 0 bridgehead atoms. The molecule has 0 spiro atoms. The summed E-state index contributed by atoms with van der Waals surface area (Å²) in [7, 11) is 4.64. The second-order valence-electron chi connectivity index (χ2n) is 8.87. The van der Waals surface area contributed by atoms with E-state index in [0.717, 1.165) is 57.3 Å². The van der Waals surface area contributed by atoms with E-state index in [1.165, 1.54) is 25.7 Å². The quantitative estimate of drug-likeness (QED) is 0.357. The van der Waals surface area contributed by atoms with Gasteiger partial charge < -0.3 is 10.6 Å². The van der Waals surface area contributed by atoms with Crippen LogP contribution in [0, 0.1) is 0 Å². The van der Waals surface area contributed by atoms with E-state index >= 15 is 0 Å². The van der Waals surface area contributed by atoms with Crippen LogP contribution in [0.15, 0.2) is 36.9 Å². The Morgan fingerprint density at radius 1 is 1.06 bits per heavy atom. The zero-order valence-corrected chi connectivity index (χ0v) is 21.1. The van der Waals surface area contributed by atoms with Crippen LogP contribution in [0.25, 0.3) is 27.8 Å². The van der Waals surface area contributed by atoms with Crippen LogP contribution in [0.1, 0.15) is 56.6 Å². The molecule has 0 amide bonds. The molecule has 9 heteroatoms. The van der Waals surface area contributed by atoms with Gasteiger partial charge in [0.2, 0.25) is 0 Å². The van der Waals surface area contributed by atoms with Gasteiger partial charge in [0.05, 0.1) is 23.8 Å². The predicted octanol–water partition coefficient (Wildman–Crippen LogP) is 5.17. The minimum Gasteiger partial charge on any atom is -0.371 e. The maximum Gasteiger partial charge on any atom is 0.153 e. The monoisotopic (exact) mass is 474 g/mol. The first-order valence-corrected chi connectivity index (χ1v) is 12.6. The number of hydrogen-bond donors (Lipinski definition) is 2. The highest BCUT2D eigenvalue weighted by atomic mass is 31.0. The smallest absolute Gasteiger partial charge is 0.153 e. The van der Waals surface area contributed by atoms with Crippen molar-refractivity contribution in [1.29, 1.82) is 0 Å². The highest BCUT2D eigenvalue weighted by Gasteiger charge is 2.20. The number of aryl methyl sites for hydroxylation is 1. The van der Waals surface area contributed by atoms with Gasteiger partial charge in [-0.05, 0) is 31.4 Å². The third-order valence-electron chi connectivity index (χ3n) is 6.43. The number of aromatic nitrogens is 6. The van der Waals surface area contributed by atoms with Crippen molar-refractivity contribution in [2.75, 3.05) is 17.7 Å². The summed E-state index contributed by atoms with van der Waals surface area (Å²) in [5, 5.41) is 11.4. The molecule has 8 nitrogen and oxygen atoms in total. The van der Waals surface area contributed by atoms with Crippen molar-refractivity contribution in [3.63, 3.8) is 0 Å². The van der Waals surface area contributed by atoms with Crippen LogP contribution in [0.5, 0.6) is 0 Å². The van der Waals surface area contributed by atoms with Gasteiger partial charge >= 0.3 is 0 Å². The molecule has 4 aromatic heterocycles. The third kappa shape index (κ3) is 4.34. The summed E-state index contributed by atoms with van der Waals surface area (Å²) < 4.78 is 1.84. The minimum atomic E-state index is 0.309. The van der Waals surface area contributed by atoms with Gasteiger partial charge in [0, 0.05) is 48.0 Å². The molecule has 34 heavy (non-hydrogen) atoms. The Bertz CT molecular complexity index is 1290. The Morgan fingerprint density at radius 2 is 1.88 bits per heavy atom. The van der Waals surface area contributed by atoms with Crippen molar-refractivity contribution < 1.29 is 0 Å². The maximum atomic E-state index is 5.10. The van der Waals surface area contributed by atoms with Crippen LogP contribution < -0.4 is 10.6 Å². The van der Waals surface area contributed by atoms with Gasteiger partial charge in [-0.2, -0.15) is 5.10 Å². The van der Waals surface area contributed by atoms with E-state index in [1.54, 1.807) is 0 Å². The molecule has 2 unspecified atom stereocenters. The summed E-state index contributed by atoms with van der Waals surface area (Å²) in [6.07, 6.45) is 13.3. The average molecular weight is 475 g/mol. The van der Waals surface area contributed by atoms with Crippen LogP contribution in [0.4, 0.5) is 11.6 Å². The van der Waals surface area contributed by atoms with Gasteiger partial charge in [0.1, 0.15) is 16.9 Å². The minimum absolute atomic E-state index is 0.309. The molecule has 1 aliphatic carbocycles. The topological polar surface area (TPSA) is 93.4 Å². The molecule has 0 radical (unpaired) electrons. The van der Waals surface area contributed by atoms with Crippen LogP contribution in [0.2, 0.25) is 0 Å². The molecule has 0 aromatic carbocycles. The first kappa shape index (κ1) is 22.7. The first-order chi connectivity index (χ1) is 16.6. The Kier molecular flexibility index (Phi) is 6.42. The molecule has 176 valence electrons. The number of hydrogen-bond acceptors (Lipinski definition) is 7. The molecule has 1 saturated carbocycles. The van der Waals surface area contributed by atoms with E-state index in [-0.39, 0.29) is 0 Å². The number of nitrogens with zero attached hydrogens (tertiary/aromatic N) is 6. The largest absolute Gasteiger partial charge is 0.371 e. The van der Waals surface area contributed by atoms with Gasteiger partial charge in [-0.25, -0.2) is 19.6 Å². The van der Waals surface area contributed by atoms with E-state index in [9.17, 15) is 0 Å². The molecular weight excluding hydrogens is 443 g/mol. The van der Waals surface area contributed by atoms with Gasteiger partial charge in [-0.1, -0.05) is 26.7 Å². The van der Waals surface area contributed by atoms with Crippen molar-refractivity contribution in [2.45, 2.75) is 57.7 Å². The number of pyridine rings is 2. The number of rotatable bonds is 7. The summed E-state index contributed by atoms with van der Waals surface area (Å²) >= 11 is 0. The first-order valence-electron chi connectivity index (χ1n) is 12.0. The lowest BCUT2D eigenvalue weighted by Crippen LogP contribution is -2.18. The van der Waals surface area contributed by atoms with Crippen LogP contribution >= 0.6 is 9.24 Å². The van der Waals surface area contributed by atoms with Crippen LogP contribution in [-0.4, -0.2) is 42.8 Å². The molecule has 5 rings (SSSR count). The average Bonchev–Trinajstić information content (AvgIpc) is 3.55. The van der Waals surface area contributed by atoms with Crippen molar-refractivity contribution in [2.24, 2.45) is 0 Å². The van der Waals surface area contributed by atoms with Gasteiger partial charge in [0.15, 0.2) is 5.82 Å². The SMILES string of the molecule is CCc1nc2c(NC)ncc(-c3cnn(-c4ccc(C(C)P)nc4)c3)c2nc1NC1CCCC1. The van der Waals surface area contributed by atoms with Crippen LogP contribution in [0.3, 0.4) is 0 Å². The highest BCUT2D eigenvalue weighted by molar-refractivity contribution is 7.17. The molecule has 1 aliphatic rings. The van der Waals surface area contributed by atoms with Crippen molar-refractivity contribution in [3.05, 3.63) is 48.3 Å². The highest BCUT2D eigenvalue weighted by Crippen LogP contribution is 2.32. The summed E-state index contributed by atoms with van der Waals surface area (Å²) in [6, 6.07) is 4.54. The summed E-state index contributed by atoms with van der Waals surface area (Å²) in [4.78, 5) is 19.3. The summed E-state index contributed by atoms with van der Waals surface area (Å²) in [5.41, 5.74) is 6.67. The number of anilines is 2. The van der Waals surface area contributed by atoms with E-state index in [4.69, 9.17) is 9.97 Å². The number of fused-ring (bicyclic) bond motifs is 1. The van der Waals surface area contributed by atoms with E-state index in [1.807, 2.05) is 48.6 Å². The van der Waals surface area contributed by atoms with E-state index in [0.29, 0.717) is 11.7 Å². The van der Waals surface area contributed by atoms with Gasteiger partial charge in [-0.3, -0.25) is 4.98 Å². The van der Waals surface area contributed by atoms with Crippen molar-refractivity contribution >= 4 is 31.9 Å². The van der Waals surface area contributed by atoms with E-state index < -0.39 is 0 Å². The molecular formula is C25H31N8P. The molecule has 2 N–H and O–H groups in total. The maximum absolute atomic E-state index is 5.10. The molecule has 1 fully saturated rings. The Morgan fingerprint density at radius 3 is 2.56 bits per heavy atom. The fourth-order valence-electron chi connectivity index (χ4n) is 4.50. The zero-order valence-electron chi connectivity index (χ0n) is 19.9. The second kappa shape index (κ2) is 9.63. The standard InChI is InChI=1S/C25H31N8P/c1-4-20-24(30-17-7-5-6-8-17)32-22-19(13-28-25(26-3)23(22)31-20)16-11-29-33(14-16)18-9-10-21(15(2)34)27-12-18/h9-15,17H,4-8,34H2,1-3H3,(H,26,28)(H,30,32). The Balaban J connectivity index is 1.57. The zero-order chi connectivity index (χ0) is 23.7. The van der Waals surface area contributed by atoms with Crippen molar-refractivity contribution in [3.8, 4) is 16.8 Å². The van der Waals surface area contributed by atoms with Crippen molar-refractivity contribution in [1.82, 2.24) is 29.7 Å². The molecule has 4 aromatic rings. The lowest BCUT2D eigenvalue weighted by Gasteiger charge is -2.17. The summed E-state index contributed by atoms with van der Waals surface area (Å²) in [5.74, 6) is 1.61. The fourth-order valence-corrected chi connectivity index (χ4v) is 4.70. The predicted molar refractivity (Wildman–Crippen MR) is 141 cm³/mol. The number of nitrogens with one attached hydrogen (secondary N) is 2. The molecule has 0 aliphatic heterocycles. The van der Waals surface area contributed by atoms with Gasteiger partial charge in [-0.15, -0.1) is 9.24 Å². The van der Waals surface area contributed by atoms with Crippen LogP contribution in [-0.2, 0) is 6.42 Å². The molecule has 4 heterocycles. The third-order valence-corrected chi connectivity index (χ3v) is 6.77.